The highest BCUT2D eigenvalue weighted by molar-refractivity contribution is 5.98. The van der Waals surface area contributed by atoms with Gasteiger partial charge in [-0.25, -0.2) is 5.06 Å². The summed E-state index contributed by atoms with van der Waals surface area (Å²) in [6.45, 7) is 0.720. The average molecular weight is 306 g/mol. The first-order valence-electron chi connectivity index (χ1n) is 7.14. The SMILES string of the molecule is CON(C)C(=O)C1CCCN1C(=O)c1ccc2c(c1)OCO2. The van der Waals surface area contributed by atoms with Gasteiger partial charge in [-0.1, -0.05) is 0 Å². The van der Waals surface area contributed by atoms with Crippen LogP contribution in [0.1, 0.15) is 23.2 Å². The van der Waals surface area contributed by atoms with Gasteiger partial charge in [0, 0.05) is 19.2 Å². The van der Waals surface area contributed by atoms with Crippen LogP contribution >= 0.6 is 0 Å². The Labute approximate surface area is 128 Å². The second kappa shape index (κ2) is 5.84. The molecule has 7 nitrogen and oxygen atoms in total. The van der Waals surface area contributed by atoms with E-state index >= 15 is 0 Å². The average Bonchev–Trinajstić information content (AvgIpc) is 3.20. The lowest BCUT2D eigenvalue weighted by atomic mass is 10.1. The van der Waals surface area contributed by atoms with Crippen LogP contribution in [0.25, 0.3) is 0 Å². The van der Waals surface area contributed by atoms with Crippen molar-refractivity contribution >= 4 is 11.8 Å². The summed E-state index contributed by atoms with van der Waals surface area (Å²) >= 11 is 0. The molecular weight excluding hydrogens is 288 g/mol. The molecule has 1 unspecified atom stereocenters. The predicted molar refractivity (Wildman–Crippen MR) is 76.4 cm³/mol. The van der Waals surface area contributed by atoms with Crippen LogP contribution in [0.2, 0.25) is 0 Å². The Morgan fingerprint density at radius 3 is 2.86 bits per heavy atom. The van der Waals surface area contributed by atoms with E-state index in [4.69, 9.17) is 14.3 Å². The predicted octanol–water partition coefficient (Wildman–Crippen LogP) is 1.04. The smallest absolute Gasteiger partial charge is 0.268 e. The van der Waals surface area contributed by atoms with Crippen LogP contribution in [0.3, 0.4) is 0 Å². The zero-order chi connectivity index (χ0) is 15.7. The molecule has 0 N–H and O–H groups in total. The molecule has 1 saturated heterocycles. The van der Waals surface area contributed by atoms with Crippen molar-refractivity contribution in [3.8, 4) is 11.5 Å². The third-order valence-corrected chi connectivity index (χ3v) is 4.00. The topological polar surface area (TPSA) is 68.3 Å². The third-order valence-electron chi connectivity index (χ3n) is 4.00. The van der Waals surface area contributed by atoms with Crippen LogP contribution in [0.4, 0.5) is 0 Å². The van der Waals surface area contributed by atoms with Crippen molar-refractivity contribution in [2.24, 2.45) is 0 Å². The number of rotatable bonds is 3. The quantitative estimate of drug-likeness (QED) is 0.781. The lowest BCUT2D eigenvalue weighted by Crippen LogP contribution is -2.46. The van der Waals surface area contributed by atoms with E-state index in [0.29, 0.717) is 30.0 Å². The Balaban J connectivity index is 1.80. The number of likely N-dealkylation sites (tertiary alicyclic amines) is 1. The minimum Gasteiger partial charge on any atom is -0.454 e. The van der Waals surface area contributed by atoms with Crippen molar-refractivity contribution in [3.05, 3.63) is 23.8 Å². The summed E-state index contributed by atoms with van der Waals surface area (Å²) in [5.74, 6) is 0.791. The van der Waals surface area contributed by atoms with Crippen LogP contribution in [0, 0.1) is 0 Å². The fourth-order valence-corrected chi connectivity index (χ4v) is 2.76. The molecule has 3 rings (SSSR count). The molecule has 1 aromatic rings. The number of hydrogen-bond acceptors (Lipinski definition) is 5. The number of carbonyl (C=O) groups excluding carboxylic acids is 2. The molecule has 7 heteroatoms. The number of benzene rings is 1. The van der Waals surface area contributed by atoms with Crippen LogP contribution < -0.4 is 9.47 Å². The van der Waals surface area contributed by atoms with Crippen molar-refractivity contribution in [1.82, 2.24) is 9.96 Å². The summed E-state index contributed by atoms with van der Waals surface area (Å²) in [6.07, 6.45) is 1.44. The number of amides is 2. The molecule has 0 saturated carbocycles. The van der Waals surface area contributed by atoms with Gasteiger partial charge in [-0.15, -0.1) is 0 Å². The van der Waals surface area contributed by atoms with E-state index in [0.717, 1.165) is 11.5 Å². The number of carbonyl (C=O) groups is 2. The molecule has 1 aromatic carbocycles. The molecule has 2 aliphatic heterocycles. The van der Waals surface area contributed by atoms with Gasteiger partial charge in [0.05, 0.1) is 7.11 Å². The van der Waals surface area contributed by atoms with Gasteiger partial charge < -0.3 is 14.4 Å². The number of hydroxylamine groups is 2. The Morgan fingerprint density at radius 1 is 1.32 bits per heavy atom. The number of likely N-dealkylation sites (N-methyl/N-ethyl adjacent to an activating group) is 1. The fraction of sp³-hybridized carbons (Fsp3) is 0.467. The van der Waals surface area contributed by atoms with Gasteiger partial charge in [0.2, 0.25) is 6.79 Å². The Bertz CT molecular complexity index is 604. The maximum Gasteiger partial charge on any atom is 0.268 e. The number of ether oxygens (including phenoxy) is 2. The first-order chi connectivity index (χ1) is 10.6. The molecule has 118 valence electrons. The van der Waals surface area contributed by atoms with Gasteiger partial charge in [0.1, 0.15) is 6.04 Å². The lowest BCUT2D eigenvalue weighted by Gasteiger charge is -2.26. The van der Waals surface area contributed by atoms with Crippen molar-refractivity contribution in [2.75, 3.05) is 27.5 Å². The molecule has 0 radical (unpaired) electrons. The summed E-state index contributed by atoms with van der Waals surface area (Å²) in [4.78, 5) is 31.5. The number of hydrogen-bond donors (Lipinski definition) is 0. The van der Waals surface area contributed by atoms with Crippen molar-refractivity contribution < 1.29 is 23.9 Å². The van der Waals surface area contributed by atoms with Crippen LogP contribution in [0.15, 0.2) is 18.2 Å². The van der Waals surface area contributed by atoms with Gasteiger partial charge in [-0.05, 0) is 31.0 Å². The number of nitrogens with zero attached hydrogens (tertiary/aromatic N) is 2. The minimum absolute atomic E-state index is 0.163. The van der Waals surface area contributed by atoms with E-state index in [2.05, 4.69) is 0 Å². The zero-order valence-electron chi connectivity index (χ0n) is 12.6. The van der Waals surface area contributed by atoms with Gasteiger partial charge in [-0.2, -0.15) is 0 Å². The Morgan fingerprint density at radius 2 is 2.09 bits per heavy atom. The molecule has 1 atom stereocenters. The first kappa shape index (κ1) is 14.6. The largest absolute Gasteiger partial charge is 0.454 e. The highest BCUT2D eigenvalue weighted by atomic mass is 16.7. The molecule has 2 heterocycles. The highest BCUT2D eigenvalue weighted by Gasteiger charge is 2.36. The maximum absolute atomic E-state index is 12.7. The Hall–Kier alpha value is -2.28. The van der Waals surface area contributed by atoms with Gasteiger partial charge in [0.25, 0.3) is 11.8 Å². The van der Waals surface area contributed by atoms with Crippen LogP contribution in [-0.2, 0) is 9.63 Å². The second-order valence-corrected chi connectivity index (χ2v) is 5.24. The van der Waals surface area contributed by atoms with E-state index < -0.39 is 6.04 Å². The molecule has 0 aliphatic carbocycles. The van der Waals surface area contributed by atoms with Crippen molar-refractivity contribution in [2.45, 2.75) is 18.9 Å². The summed E-state index contributed by atoms with van der Waals surface area (Å²) in [7, 11) is 2.97. The monoisotopic (exact) mass is 306 g/mol. The van der Waals surface area contributed by atoms with Gasteiger partial charge >= 0.3 is 0 Å². The molecule has 0 spiro atoms. The summed E-state index contributed by atoms with van der Waals surface area (Å²) in [6, 6.07) is 4.58. The fourth-order valence-electron chi connectivity index (χ4n) is 2.76. The molecule has 1 fully saturated rings. The zero-order valence-corrected chi connectivity index (χ0v) is 12.6. The van der Waals surface area contributed by atoms with Crippen LogP contribution in [-0.4, -0.2) is 55.3 Å². The second-order valence-electron chi connectivity index (χ2n) is 5.24. The lowest BCUT2D eigenvalue weighted by molar-refractivity contribution is -0.172. The first-order valence-corrected chi connectivity index (χ1v) is 7.14. The maximum atomic E-state index is 12.7. The summed E-state index contributed by atoms with van der Waals surface area (Å²) < 4.78 is 10.5. The molecule has 22 heavy (non-hydrogen) atoms. The van der Waals surface area contributed by atoms with Crippen molar-refractivity contribution in [3.63, 3.8) is 0 Å². The van der Waals surface area contributed by atoms with Crippen LogP contribution in [0.5, 0.6) is 11.5 Å². The normalized spacial score (nSPS) is 19.4. The van der Waals surface area contributed by atoms with E-state index in [1.807, 2.05) is 0 Å². The molecule has 2 aliphatic rings. The number of fused-ring (bicyclic) bond motifs is 1. The molecule has 0 bridgehead atoms. The summed E-state index contributed by atoms with van der Waals surface area (Å²) in [5, 5.41) is 1.16. The third kappa shape index (κ3) is 2.48. The molecule has 2 amide bonds. The molecular formula is C15H18N2O5. The van der Waals surface area contributed by atoms with E-state index in [9.17, 15) is 9.59 Å². The highest BCUT2D eigenvalue weighted by Crippen LogP contribution is 2.33. The van der Waals surface area contributed by atoms with Gasteiger partial charge in [0.15, 0.2) is 11.5 Å². The molecule has 0 aromatic heterocycles. The minimum atomic E-state index is -0.483. The van der Waals surface area contributed by atoms with E-state index in [1.54, 1.807) is 30.1 Å². The van der Waals surface area contributed by atoms with Crippen molar-refractivity contribution in [1.29, 1.82) is 0 Å². The van der Waals surface area contributed by atoms with E-state index in [1.165, 1.54) is 7.11 Å². The summed E-state index contributed by atoms with van der Waals surface area (Å²) in [5.41, 5.74) is 0.490. The Kier molecular flexibility index (Phi) is 3.89. The van der Waals surface area contributed by atoms with Gasteiger partial charge in [-0.3, -0.25) is 14.4 Å². The van der Waals surface area contributed by atoms with E-state index in [-0.39, 0.29) is 18.6 Å². The standard InChI is InChI=1S/C15H18N2O5/c1-16(20-2)15(19)11-4-3-7-17(11)14(18)10-5-6-12-13(8-10)22-9-21-12/h5-6,8,11H,3-4,7,9H2,1-2H3.